The molecule has 0 aromatic rings. The lowest BCUT2D eigenvalue weighted by Crippen LogP contribution is -2.44. The van der Waals surface area contributed by atoms with E-state index in [0.29, 0.717) is 6.42 Å². The highest BCUT2D eigenvalue weighted by Crippen LogP contribution is 2.40. The minimum atomic E-state index is -0.172. The molecular formula is C13H22INO2. The van der Waals surface area contributed by atoms with E-state index in [1.54, 1.807) is 0 Å². The van der Waals surface area contributed by atoms with E-state index in [9.17, 15) is 9.59 Å². The maximum Gasteiger partial charge on any atom is 0.234 e. The van der Waals surface area contributed by atoms with E-state index in [1.807, 2.05) is 20.8 Å². The SMILES string of the molecule is CC(C)(C)C1CC(=O)N(C(I)C(C)(C)C)C1=O. The predicted molar refractivity (Wildman–Crippen MR) is 76.7 cm³/mol. The highest BCUT2D eigenvalue weighted by molar-refractivity contribution is 14.1. The number of imide groups is 1. The van der Waals surface area contributed by atoms with E-state index in [4.69, 9.17) is 0 Å². The monoisotopic (exact) mass is 351 g/mol. The third-order valence-electron chi connectivity index (χ3n) is 3.17. The first-order chi connectivity index (χ1) is 7.46. The highest BCUT2D eigenvalue weighted by Gasteiger charge is 2.48. The Labute approximate surface area is 117 Å². The molecule has 3 nitrogen and oxygen atoms in total. The molecule has 17 heavy (non-hydrogen) atoms. The van der Waals surface area contributed by atoms with Gasteiger partial charge in [0.05, 0.1) is 9.97 Å². The van der Waals surface area contributed by atoms with Crippen molar-refractivity contribution in [1.82, 2.24) is 4.90 Å². The van der Waals surface area contributed by atoms with E-state index < -0.39 is 0 Å². The Morgan fingerprint density at radius 3 is 1.94 bits per heavy atom. The maximum absolute atomic E-state index is 12.4. The van der Waals surface area contributed by atoms with Crippen LogP contribution in [0.1, 0.15) is 48.0 Å². The van der Waals surface area contributed by atoms with E-state index in [0.717, 1.165) is 0 Å². The fourth-order valence-electron chi connectivity index (χ4n) is 1.95. The van der Waals surface area contributed by atoms with Crippen molar-refractivity contribution in [3.8, 4) is 0 Å². The molecule has 1 saturated heterocycles. The van der Waals surface area contributed by atoms with Gasteiger partial charge in [-0.1, -0.05) is 64.1 Å². The molecule has 98 valence electrons. The van der Waals surface area contributed by atoms with Gasteiger partial charge < -0.3 is 0 Å². The number of carbonyl (C=O) groups is 2. The van der Waals surface area contributed by atoms with Gasteiger partial charge in [0.2, 0.25) is 11.8 Å². The normalized spacial score (nSPS) is 24.4. The molecule has 0 bridgehead atoms. The molecule has 0 saturated carbocycles. The second kappa shape index (κ2) is 4.52. The molecule has 0 aromatic carbocycles. The summed E-state index contributed by atoms with van der Waals surface area (Å²) in [7, 11) is 0. The van der Waals surface area contributed by atoms with Crippen LogP contribution in [0.3, 0.4) is 0 Å². The Morgan fingerprint density at radius 2 is 1.65 bits per heavy atom. The van der Waals surface area contributed by atoms with Crippen LogP contribution in [-0.2, 0) is 9.59 Å². The first kappa shape index (κ1) is 14.9. The minimum absolute atomic E-state index is 0.00294. The Morgan fingerprint density at radius 1 is 1.18 bits per heavy atom. The van der Waals surface area contributed by atoms with Crippen LogP contribution in [0.4, 0.5) is 0 Å². The average Bonchev–Trinajstić information content (AvgIpc) is 2.38. The van der Waals surface area contributed by atoms with Crippen molar-refractivity contribution in [3.63, 3.8) is 0 Å². The van der Waals surface area contributed by atoms with Crippen LogP contribution in [0.25, 0.3) is 0 Å². The molecular weight excluding hydrogens is 329 g/mol. The molecule has 1 rings (SSSR count). The molecule has 0 N–H and O–H groups in total. The van der Waals surface area contributed by atoms with Gasteiger partial charge in [0.1, 0.15) is 0 Å². The Bertz CT molecular complexity index is 338. The van der Waals surface area contributed by atoms with Crippen molar-refractivity contribution in [2.24, 2.45) is 16.7 Å². The van der Waals surface area contributed by atoms with Gasteiger partial charge >= 0.3 is 0 Å². The molecule has 1 fully saturated rings. The summed E-state index contributed by atoms with van der Waals surface area (Å²) < 4.78 is -0.0764. The molecule has 4 heteroatoms. The van der Waals surface area contributed by atoms with Gasteiger partial charge in [-0.3, -0.25) is 14.5 Å². The lowest BCUT2D eigenvalue weighted by atomic mass is 9.80. The van der Waals surface area contributed by atoms with Crippen LogP contribution >= 0.6 is 22.6 Å². The number of hydrogen-bond donors (Lipinski definition) is 0. The van der Waals surface area contributed by atoms with Gasteiger partial charge in [0.25, 0.3) is 0 Å². The number of amides is 2. The molecule has 0 aromatic heterocycles. The van der Waals surface area contributed by atoms with Crippen LogP contribution < -0.4 is 0 Å². The number of hydrogen-bond acceptors (Lipinski definition) is 2. The van der Waals surface area contributed by atoms with Crippen molar-refractivity contribution in [2.45, 2.75) is 52.0 Å². The fraction of sp³-hybridized carbons (Fsp3) is 0.846. The Hall–Kier alpha value is -0.130. The van der Waals surface area contributed by atoms with Gasteiger partial charge in [-0.25, -0.2) is 0 Å². The highest BCUT2D eigenvalue weighted by atomic mass is 127. The number of nitrogens with zero attached hydrogens (tertiary/aromatic N) is 1. The minimum Gasteiger partial charge on any atom is -0.274 e. The summed E-state index contributed by atoms with van der Waals surface area (Å²) >= 11 is 2.20. The zero-order chi connectivity index (χ0) is 13.6. The van der Waals surface area contributed by atoms with Crippen molar-refractivity contribution in [3.05, 3.63) is 0 Å². The zero-order valence-electron chi connectivity index (χ0n) is 11.5. The van der Waals surface area contributed by atoms with Crippen molar-refractivity contribution < 1.29 is 9.59 Å². The second-order valence-electron chi connectivity index (χ2n) is 6.93. The number of rotatable bonds is 1. The summed E-state index contributed by atoms with van der Waals surface area (Å²) in [4.78, 5) is 25.8. The summed E-state index contributed by atoms with van der Waals surface area (Å²) in [5.74, 6) is -0.198. The summed E-state index contributed by atoms with van der Waals surface area (Å²) in [6.07, 6.45) is 0.359. The fourth-order valence-corrected chi connectivity index (χ4v) is 2.54. The average molecular weight is 351 g/mol. The lowest BCUT2D eigenvalue weighted by Gasteiger charge is -2.33. The van der Waals surface area contributed by atoms with Crippen LogP contribution in [-0.4, -0.2) is 20.8 Å². The van der Waals surface area contributed by atoms with E-state index in [1.165, 1.54) is 4.90 Å². The lowest BCUT2D eigenvalue weighted by molar-refractivity contribution is -0.142. The first-order valence-electron chi connectivity index (χ1n) is 5.96. The number of halogens is 1. The summed E-state index contributed by atoms with van der Waals surface area (Å²) in [6.45, 7) is 12.2. The van der Waals surface area contributed by atoms with Gasteiger partial charge in [-0.2, -0.15) is 0 Å². The van der Waals surface area contributed by atoms with Crippen LogP contribution in [0.15, 0.2) is 0 Å². The quantitative estimate of drug-likeness (QED) is 0.315. The Kier molecular flexibility index (Phi) is 3.97. The van der Waals surface area contributed by atoms with Gasteiger partial charge in [0, 0.05) is 6.42 Å². The second-order valence-corrected chi connectivity index (χ2v) is 8.11. The van der Waals surface area contributed by atoms with E-state index in [2.05, 4.69) is 43.4 Å². The van der Waals surface area contributed by atoms with Crippen molar-refractivity contribution >= 4 is 34.4 Å². The van der Waals surface area contributed by atoms with E-state index in [-0.39, 0.29) is 32.6 Å². The summed E-state index contributed by atoms with van der Waals surface area (Å²) in [6, 6.07) is 0. The van der Waals surface area contributed by atoms with Crippen LogP contribution in [0, 0.1) is 16.7 Å². The van der Waals surface area contributed by atoms with Crippen molar-refractivity contribution in [1.29, 1.82) is 0 Å². The molecule has 2 amide bonds. The topological polar surface area (TPSA) is 37.4 Å². The molecule has 2 atom stereocenters. The third-order valence-corrected chi connectivity index (χ3v) is 5.60. The number of carbonyl (C=O) groups excluding carboxylic acids is 2. The van der Waals surface area contributed by atoms with Gasteiger partial charge in [-0.05, 0) is 10.8 Å². The standard InChI is InChI=1S/C13H22INO2/c1-12(2,3)8-7-9(16)15(10(8)17)11(14)13(4,5)6/h8,11H,7H2,1-6H3. The molecule has 2 unspecified atom stereocenters. The maximum atomic E-state index is 12.4. The molecule has 0 spiro atoms. The number of likely N-dealkylation sites (tertiary alicyclic amines) is 1. The third kappa shape index (κ3) is 3.01. The molecule has 1 aliphatic rings. The van der Waals surface area contributed by atoms with Gasteiger partial charge in [0.15, 0.2) is 0 Å². The molecule has 0 radical (unpaired) electrons. The number of alkyl halides is 1. The summed E-state index contributed by atoms with van der Waals surface area (Å²) in [5.41, 5.74) is -0.228. The van der Waals surface area contributed by atoms with Crippen LogP contribution in [0.5, 0.6) is 0 Å². The van der Waals surface area contributed by atoms with E-state index >= 15 is 0 Å². The largest absolute Gasteiger partial charge is 0.274 e. The smallest absolute Gasteiger partial charge is 0.234 e. The molecule has 0 aliphatic carbocycles. The van der Waals surface area contributed by atoms with Crippen molar-refractivity contribution in [2.75, 3.05) is 0 Å². The zero-order valence-corrected chi connectivity index (χ0v) is 13.7. The summed E-state index contributed by atoms with van der Waals surface area (Å²) in [5, 5.41) is 0. The Balaban J connectivity index is 2.98. The first-order valence-corrected chi connectivity index (χ1v) is 7.21. The molecule has 1 heterocycles. The van der Waals surface area contributed by atoms with Gasteiger partial charge in [-0.15, -0.1) is 0 Å². The van der Waals surface area contributed by atoms with Crippen LogP contribution in [0.2, 0.25) is 0 Å². The predicted octanol–water partition coefficient (Wildman–Crippen LogP) is 3.21. The molecule has 1 aliphatic heterocycles.